The van der Waals surface area contributed by atoms with Crippen molar-refractivity contribution in [3.05, 3.63) is 58.8 Å². The van der Waals surface area contributed by atoms with Crippen molar-refractivity contribution in [3.63, 3.8) is 0 Å². The van der Waals surface area contributed by atoms with Gasteiger partial charge in [-0.2, -0.15) is 4.31 Å². The Hall–Kier alpha value is -1.44. The molecular formula is C15H15BrFNO3S. The van der Waals surface area contributed by atoms with E-state index in [1.165, 1.54) is 25.2 Å². The minimum absolute atomic E-state index is 0.118. The van der Waals surface area contributed by atoms with Gasteiger partial charge in [0.15, 0.2) is 0 Å². The molecular weight excluding hydrogens is 373 g/mol. The fraction of sp³-hybridized carbons (Fsp3) is 0.200. The lowest BCUT2D eigenvalue weighted by atomic mass is 10.3. The van der Waals surface area contributed by atoms with Crippen LogP contribution in [-0.2, 0) is 10.0 Å². The maximum Gasteiger partial charge on any atom is 0.245 e. The SMILES string of the molecule is CN(CCOc1ccc(Br)cc1)S(=O)(=O)c1ccccc1F. The van der Waals surface area contributed by atoms with Crippen LogP contribution in [0.1, 0.15) is 0 Å². The summed E-state index contributed by atoms with van der Waals surface area (Å²) in [6, 6.07) is 12.5. The standard InChI is InChI=1S/C15H15BrFNO3S/c1-18(10-11-21-13-8-6-12(16)7-9-13)22(19,20)15-5-3-2-4-14(15)17/h2-9H,10-11H2,1H3. The Kier molecular flexibility index (Phi) is 5.55. The van der Waals surface area contributed by atoms with Gasteiger partial charge in [-0.1, -0.05) is 28.1 Å². The smallest absolute Gasteiger partial charge is 0.245 e. The summed E-state index contributed by atoms with van der Waals surface area (Å²) in [5.74, 6) is -0.122. The van der Waals surface area contributed by atoms with Crippen LogP contribution in [0.3, 0.4) is 0 Å². The molecule has 0 aliphatic rings. The third-order valence-corrected chi connectivity index (χ3v) is 5.43. The number of ether oxygens (including phenoxy) is 1. The highest BCUT2D eigenvalue weighted by Crippen LogP contribution is 2.18. The van der Waals surface area contributed by atoms with Crippen LogP contribution in [0.4, 0.5) is 4.39 Å². The molecule has 22 heavy (non-hydrogen) atoms. The fourth-order valence-corrected chi connectivity index (χ4v) is 3.24. The molecule has 0 fully saturated rings. The summed E-state index contributed by atoms with van der Waals surface area (Å²) in [6.07, 6.45) is 0. The Morgan fingerprint density at radius 2 is 1.77 bits per heavy atom. The molecule has 2 rings (SSSR count). The van der Waals surface area contributed by atoms with Crippen molar-refractivity contribution in [1.82, 2.24) is 4.31 Å². The van der Waals surface area contributed by atoms with Crippen LogP contribution in [0, 0.1) is 5.82 Å². The average molecular weight is 388 g/mol. The highest BCUT2D eigenvalue weighted by molar-refractivity contribution is 9.10. The summed E-state index contributed by atoms with van der Waals surface area (Å²) in [4.78, 5) is -0.332. The lowest BCUT2D eigenvalue weighted by Gasteiger charge is -2.17. The third-order valence-electron chi connectivity index (χ3n) is 3.01. The van der Waals surface area contributed by atoms with Gasteiger partial charge in [0.2, 0.25) is 10.0 Å². The Morgan fingerprint density at radius 1 is 1.14 bits per heavy atom. The monoisotopic (exact) mass is 387 g/mol. The molecule has 0 aliphatic heterocycles. The first-order valence-corrected chi connectivity index (χ1v) is 8.74. The van der Waals surface area contributed by atoms with E-state index in [-0.39, 0.29) is 18.0 Å². The number of rotatable bonds is 6. The molecule has 0 heterocycles. The molecule has 118 valence electrons. The molecule has 0 amide bonds. The van der Waals surface area contributed by atoms with Crippen molar-refractivity contribution in [2.45, 2.75) is 4.90 Å². The van der Waals surface area contributed by atoms with Crippen LogP contribution in [-0.4, -0.2) is 32.9 Å². The Morgan fingerprint density at radius 3 is 2.41 bits per heavy atom. The molecule has 0 saturated carbocycles. The summed E-state index contributed by atoms with van der Waals surface area (Å²) in [6.45, 7) is 0.290. The molecule has 0 aliphatic carbocycles. The highest BCUT2D eigenvalue weighted by atomic mass is 79.9. The number of hydrogen-bond acceptors (Lipinski definition) is 3. The molecule has 0 unspecified atom stereocenters. The number of likely N-dealkylation sites (N-methyl/N-ethyl adjacent to an activating group) is 1. The molecule has 0 saturated heterocycles. The van der Waals surface area contributed by atoms with Gasteiger partial charge in [0.1, 0.15) is 23.1 Å². The highest BCUT2D eigenvalue weighted by Gasteiger charge is 2.23. The zero-order chi connectivity index (χ0) is 16.2. The van der Waals surface area contributed by atoms with E-state index in [4.69, 9.17) is 4.74 Å². The molecule has 2 aromatic rings. The fourth-order valence-electron chi connectivity index (χ4n) is 1.76. The first-order chi connectivity index (χ1) is 10.4. The van der Waals surface area contributed by atoms with Crippen molar-refractivity contribution in [2.75, 3.05) is 20.2 Å². The van der Waals surface area contributed by atoms with Crippen molar-refractivity contribution >= 4 is 26.0 Å². The van der Waals surface area contributed by atoms with Gasteiger partial charge in [0, 0.05) is 18.1 Å². The molecule has 0 spiro atoms. The van der Waals surface area contributed by atoms with Crippen molar-refractivity contribution in [2.24, 2.45) is 0 Å². The predicted octanol–water partition coefficient (Wildman–Crippen LogP) is 3.29. The second kappa shape index (κ2) is 7.21. The third kappa shape index (κ3) is 4.06. The first-order valence-electron chi connectivity index (χ1n) is 6.50. The van der Waals surface area contributed by atoms with Gasteiger partial charge in [-0.15, -0.1) is 0 Å². The molecule has 7 heteroatoms. The summed E-state index contributed by atoms with van der Waals surface area (Å²) in [7, 11) is -2.46. The van der Waals surface area contributed by atoms with Gasteiger partial charge < -0.3 is 4.74 Å². The van der Waals surface area contributed by atoms with Crippen LogP contribution >= 0.6 is 15.9 Å². The van der Waals surface area contributed by atoms with Crippen LogP contribution in [0.15, 0.2) is 57.9 Å². The molecule has 0 radical (unpaired) electrons. The predicted molar refractivity (Wildman–Crippen MR) is 85.9 cm³/mol. The number of nitrogens with zero attached hydrogens (tertiary/aromatic N) is 1. The number of hydrogen-bond donors (Lipinski definition) is 0. The molecule has 0 aromatic heterocycles. The van der Waals surface area contributed by atoms with E-state index in [0.717, 1.165) is 14.8 Å². The van der Waals surface area contributed by atoms with Crippen LogP contribution < -0.4 is 4.74 Å². The molecule has 0 bridgehead atoms. The molecule has 2 aromatic carbocycles. The Balaban J connectivity index is 1.98. The molecule has 0 atom stereocenters. The summed E-state index contributed by atoms with van der Waals surface area (Å²) in [5, 5.41) is 0. The van der Waals surface area contributed by atoms with E-state index >= 15 is 0 Å². The van der Waals surface area contributed by atoms with E-state index in [0.29, 0.717) is 5.75 Å². The van der Waals surface area contributed by atoms with Gasteiger partial charge in [-0.25, -0.2) is 12.8 Å². The van der Waals surface area contributed by atoms with Crippen molar-refractivity contribution < 1.29 is 17.5 Å². The second-order valence-corrected chi connectivity index (χ2v) is 7.49. The van der Waals surface area contributed by atoms with Crippen LogP contribution in [0.25, 0.3) is 0 Å². The minimum atomic E-state index is -3.86. The molecule has 0 N–H and O–H groups in total. The minimum Gasteiger partial charge on any atom is -0.492 e. The molecule has 4 nitrogen and oxygen atoms in total. The lowest BCUT2D eigenvalue weighted by Crippen LogP contribution is -2.31. The van der Waals surface area contributed by atoms with E-state index in [1.54, 1.807) is 12.1 Å². The number of sulfonamides is 1. The van der Waals surface area contributed by atoms with Crippen molar-refractivity contribution in [1.29, 1.82) is 0 Å². The van der Waals surface area contributed by atoms with E-state index < -0.39 is 15.8 Å². The van der Waals surface area contributed by atoms with Gasteiger partial charge in [0.05, 0.1) is 0 Å². The average Bonchev–Trinajstić information content (AvgIpc) is 2.49. The van der Waals surface area contributed by atoms with E-state index in [9.17, 15) is 12.8 Å². The van der Waals surface area contributed by atoms with Gasteiger partial charge in [-0.3, -0.25) is 0 Å². The topological polar surface area (TPSA) is 46.6 Å². The number of benzene rings is 2. The maximum atomic E-state index is 13.6. The first kappa shape index (κ1) is 16.9. The van der Waals surface area contributed by atoms with Crippen LogP contribution in [0.2, 0.25) is 0 Å². The van der Waals surface area contributed by atoms with Crippen molar-refractivity contribution in [3.8, 4) is 5.75 Å². The van der Waals surface area contributed by atoms with Gasteiger partial charge in [-0.05, 0) is 36.4 Å². The van der Waals surface area contributed by atoms with E-state index in [1.807, 2.05) is 12.1 Å². The maximum absolute atomic E-state index is 13.6. The Labute approximate surface area is 137 Å². The summed E-state index contributed by atoms with van der Waals surface area (Å²) in [5.41, 5.74) is 0. The lowest BCUT2D eigenvalue weighted by molar-refractivity contribution is 0.286. The Bertz CT molecular complexity index is 735. The normalized spacial score (nSPS) is 11.6. The number of halogens is 2. The largest absolute Gasteiger partial charge is 0.492 e. The van der Waals surface area contributed by atoms with Gasteiger partial charge in [0.25, 0.3) is 0 Å². The van der Waals surface area contributed by atoms with Gasteiger partial charge >= 0.3 is 0 Å². The zero-order valence-electron chi connectivity index (χ0n) is 11.9. The summed E-state index contributed by atoms with van der Waals surface area (Å²) < 4.78 is 45.6. The summed E-state index contributed by atoms with van der Waals surface area (Å²) >= 11 is 3.32. The quantitative estimate of drug-likeness (QED) is 0.763. The zero-order valence-corrected chi connectivity index (χ0v) is 14.3. The van der Waals surface area contributed by atoms with Crippen LogP contribution in [0.5, 0.6) is 5.75 Å². The van der Waals surface area contributed by atoms with E-state index in [2.05, 4.69) is 15.9 Å². The second-order valence-electron chi connectivity index (χ2n) is 4.56.